The maximum atomic E-state index is 11.6. The highest BCUT2D eigenvalue weighted by Gasteiger charge is 2.06. The van der Waals surface area contributed by atoms with E-state index in [0.29, 0.717) is 5.56 Å². The van der Waals surface area contributed by atoms with Crippen LogP contribution < -0.4 is 0 Å². The smallest absolute Gasteiger partial charge is 0.150 e. The van der Waals surface area contributed by atoms with Gasteiger partial charge in [0.15, 0.2) is 0 Å². The molecule has 2 aromatic rings. The third-order valence-electron chi connectivity index (χ3n) is 2.55. The molecule has 2 rings (SSSR count). The van der Waals surface area contributed by atoms with Gasteiger partial charge in [-0.05, 0) is 17.2 Å². The van der Waals surface area contributed by atoms with E-state index in [1.54, 1.807) is 18.4 Å². The topological polar surface area (TPSA) is 34.1 Å². The van der Waals surface area contributed by atoms with Crippen LogP contribution in [-0.2, 0) is 10.8 Å². The first kappa shape index (κ1) is 11.7. The van der Waals surface area contributed by atoms with Gasteiger partial charge in [-0.2, -0.15) is 0 Å². The van der Waals surface area contributed by atoms with Crippen LogP contribution in [0.5, 0.6) is 0 Å². The fraction of sp³-hybridized carbons (Fsp3) is 0.0714. The van der Waals surface area contributed by atoms with Crippen molar-refractivity contribution in [1.82, 2.24) is 0 Å². The maximum absolute atomic E-state index is 11.6. The fourth-order valence-electron chi connectivity index (χ4n) is 1.70. The molecule has 86 valence electrons. The van der Waals surface area contributed by atoms with Crippen molar-refractivity contribution in [2.75, 3.05) is 6.26 Å². The summed E-state index contributed by atoms with van der Waals surface area (Å²) in [6.07, 6.45) is 2.48. The molecule has 0 fully saturated rings. The van der Waals surface area contributed by atoms with Gasteiger partial charge in [-0.25, -0.2) is 0 Å². The van der Waals surface area contributed by atoms with Gasteiger partial charge in [-0.1, -0.05) is 42.5 Å². The van der Waals surface area contributed by atoms with E-state index in [9.17, 15) is 9.00 Å². The minimum Gasteiger partial charge on any atom is -0.298 e. The number of hydrogen-bond donors (Lipinski definition) is 0. The molecule has 0 bridgehead atoms. The Morgan fingerprint density at radius 2 is 1.65 bits per heavy atom. The Labute approximate surface area is 103 Å². The second-order valence-corrected chi connectivity index (χ2v) is 5.04. The second kappa shape index (κ2) is 5.06. The molecule has 0 saturated heterocycles. The molecule has 0 aliphatic rings. The van der Waals surface area contributed by atoms with Gasteiger partial charge in [0.2, 0.25) is 0 Å². The lowest BCUT2D eigenvalue weighted by Gasteiger charge is -2.07. The van der Waals surface area contributed by atoms with Crippen molar-refractivity contribution in [2.24, 2.45) is 0 Å². The number of rotatable bonds is 3. The normalized spacial score (nSPS) is 12.1. The molecule has 3 heteroatoms. The zero-order valence-corrected chi connectivity index (χ0v) is 10.2. The molecule has 0 aromatic heterocycles. The minimum atomic E-state index is -1.02. The van der Waals surface area contributed by atoms with Crippen LogP contribution in [0.2, 0.25) is 0 Å². The lowest BCUT2D eigenvalue weighted by atomic mass is 10.0. The molecule has 0 aliphatic heterocycles. The van der Waals surface area contributed by atoms with Gasteiger partial charge in [0.05, 0.1) is 10.8 Å². The number of hydrogen-bond acceptors (Lipinski definition) is 2. The monoisotopic (exact) mass is 244 g/mol. The van der Waals surface area contributed by atoms with Crippen LogP contribution in [0.15, 0.2) is 53.4 Å². The van der Waals surface area contributed by atoms with Crippen molar-refractivity contribution in [3.05, 3.63) is 54.1 Å². The third-order valence-corrected chi connectivity index (χ3v) is 3.53. The van der Waals surface area contributed by atoms with Crippen LogP contribution in [0.3, 0.4) is 0 Å². The molecule has 2 aromatic carbocycles. The van der Waals surface area contributed by atoms with Gasteiger partial charge in [0.1, 0.15) is 6.29 Å². The van der Waals surface area contributed by atoms with Gasteiger partial charge in [-0.3, -0.25) is 9.00 Å². The minimum absolute atomic E-state index is 0.642. The first-order chi connectivity index (χ1) is 8.22. The average molecular weight is 244 g/mol. The number of carbonyl (C=O) groups excluding carboxylic acids is 1. The Hall–Kier alpha value is -1.74. The SMILES string of the molecule is C[S@](=O)c1ccccc1-c1ccc(C=O)cc1. The van der Waals surface area contributed by atoms with Crippen LogP contribution in [-0.4, -0.2) is 16.8 Å². The zero-order chi connectivity index (χ0) is 12.3. The molecule has 0 saturated carbocycles. The van der Waals surface area contributed by atoms with Crippen LogP contribution in [0.25, 0.3) is 11.1 Å². The highest BCUT2D eigenvalue weighted by Crippen LogP contribution is 2.25. The van der Waals surface area contributed by atoms with E-state index < -0.39 is 10.8 Å². The van der Waals surface area contributed by atoms with Crippen molar-refractivity contribution < 1.29 is 9.00 Å². The molecular formula is C14H12O2S. The summed E-state index contributed by atoms with van der Waals surface area (Å²) in [6.45, 7) is 0. The van der Waals surface area contributed by atoms with Crippen molar-refractivity contribution in [3.8, 4) is 11.1 Å². The molecule has 0 amide bonds. The molecule has 1 atom stereocenters. The largest absolute Gasteiger partial charge is 0.298 e. The fourth-order valence-corrected chi connectivity index (χ4v) is 2.46. The first-order valence-electron chi connectivity index (χ1n) is 5.20. The summed E-state index contributed by atoms with van der Waals surface area (Å²) in [6, 6.07) is 14.9. The van der Waals surface area contributed by atoms with Crippen molar-refractivity contribution >= 4 is 17.1 Å². The summed E-state index contributed by atoms with van der Waals surface area (Å²) >= 11 is 0. The highest BCUT2D eigenvalue weighted by atomic mass is 32.2. The number of benzene rings is 2. The van der Waals surface area contributed by atoms with E-state index in [1.165, 1.54) is 0 Å². The Kier molecular flexibility index (Phi) is 3.49. The van der Waals surface area contributed by atoms with Gasteiger partial charge in [0, 0.05) is 16.7 Å². The van der Waals surface area contributed by atoms with Crippen LogP contribution >= 0.6 is 0 Å². The van der Waals surface area contributed by atoms with Crippen LogP contribution in [0, 0.1) is 0 Å². The van der Waals surface area contributed by atoms with Gasteiger partial charge in [0.25, 0.3) is 0 Å². The van der Waals surface area contributed by atoms with Crippen LogP contribution in [0.1, 0.15) is 10.4 Å². The van der Waals surface area contributed by atoms with Gasteiger partial charge < -0.3 is 0 Å². The van der Waals surface area contributed by atoms with E-state index in [0.717, 1.165) is 22.3 Å². The average Bonchev–Trinajstić information content (AvgIpc) is 2.39. The Morgan fingerprint density at radius 1 is 1.00 bits per heavy atom. The Bertz CT molecular complexity index is 559. The molecular weight excluding hydrogens is 232 g/mol. The van der Waals surface area contributed by atoms with E-state index in [1.807, 2.05) is 36.4 Å². The lowest BCUT2D eigenvalue weighted by molar-refractivity contribution is 0.112. The Morgan fingerprint density at radius 3 is 2.24 bits per heavy atom. The quantitative estimate of drug-likeness (QED) is 0.778. The predicted molar refractivity (Wildman–Crippen MR) is 69.6 cm³/mol. The summed E-state index contributed by atoms with van der Waals surface area (Å²) in [5, 5.41) is 0. The van der Waals surface area contributed by atoms with Crippen LogP contribution in [0.4, 0.5) is 0 Å². The van der Waals surface area contributed by atoms with E-state index in [-0.39, 0.29) is 0 Å². The molecule has 0 aliphatic carbocycles. The zero-order valence-electron chi connectivity index (χ0n) is 9.42. The third kappa shape index (κ3) is 2.50. The molecule has 0 heterocycles. The summed E-state index contributed by atoms with van der Waals surface area (Å²) in [7, 11) is -1.02. The summed E-state index contributed by atoms with van der Waals surface area (Å²) in [4.78, 5) is 11.4. The molecule has 2 nitrogen and oxygen atoms in total. The molecule has 0 spiro atoms. The Balaban J connectivity index is 2.52. The number of carbonyl (C=O) groups is 1. The van der Waals surface area contributed by atoms with E-state index in [2.05, 4.69) is 0 Å². The molecule has 0 unspecified atom stereocenters. The maximum Gasteiger partial charge on any atom is 0.150 e. The highest BCUT2D eigenvalue weighted by molar-refractivity contribution is 7.84. The van der Waals surface area contributed by atoms with Crippen molar-refractivity contribution in [1.29, 1.82) is 0 Å². The lowest BCUT2D eigenvalue weighted by Crippen LogP contribution is -1.91. The molecule has 0 radical (unpaired) electrons. The summed E-state index contributed by atoms with van der Waals surface area (Å²) < 4.78 is 11.6. The number of aldehydes is 1. The standard InChI is InChI=1S/C14H12O2S/c1-17(16)14-5-3-2-4-13(14)12-8-6-11(10-15)7-9-12/h2-10H,1H3/t17-/m0/s1. The predicted octanol–water partition coefficient (Wildman–Crippen LogP) is 2.90. The second-order valence-electron chi connectivity index (χ2n) is 3.69. The van der Waals surface area contributed by atoms with Crippen molar-refractivity contribution in [2.45, 2.75) is 4.90 Å². The summed E-state index contributed by atoms with van der Waals surface area (Å²) in [5.74, 6) is 0. The molecule has 0 N–H and O–H groups in total. The van der Waals surface area contributed by atoms with E-state index in [4.69, 9.17) is 0 Å². The van der Waals surface area contributed by atoms with Crippen molar-refractivity contribution in [3.63, 3.8) is 0 Å². The van der Waals surface area contributed by atoms with Gasteiger partial charge in [-0.15, -0.1) is 0 Å². The molecule has 17 heavy (non-hydrogen) atoms. The van der Waals surface area contributed by atoms with E-state index >= 15 is 0 Å². The first-order valence-corrected chi connectivity index (χ1v) is 6.76. The van der Waals surface area contributed by atoms with Gasteiger partial charge >= 0.3 is 0 Å². The summed E-state index contributed by atoms with van der Waals surface area (Å²) in [5.41, 5.74) is 2.57.